The molecule has 0 aliphatic carbocycles. The van der Waals surface area contributed by atoms with E-state index in [1.165, 1.54) is 5.56 Å². The van der Waals surface area contributed by atoms with E-state index in [0.29, 0.717) is 52.4 Å². The van der Waals surface area contributed by atoms with Crippen molar-refractivity contribution in [1.82, 2.24) is 4.31 Å². The van der Waals surface area contributed by atoms with Crippen LogP contribution < -0.4 is 4.74 Å². The summed E-state index contributed by atoms with van der Waals surface area (Å²) < 4.78 is 49.9. The van der Waals surface area contributed by atoms with Gasteiger partial charge < -0.3 is 18.9 Å². The first-order chi connectivity index (χ1) is 13.0. The van der Waals surface area contributed by atoms with Crippen molar-refractivity contribution in [3.63, 3.8) is 0 Å². The van der Waals surface area contributed by atoms with Crippen LogP contribution in [0.1, 0.15) is 24.0 Å². The highest BCUT2D eigenvalue weighted by molar-refractivity contribution is 7.89. The van der Waals surface area contributed by atoms with E-state index in [9.17, 15) is 8.42 Å². The Balaban J connectivity index is 1.49. The summed E-state index contributed by atoms with van der Waals surface area (Å²) in [6, 6.07) is 6.08. The van der Waals surface area contributed by atoms with Gasteiger partial charge >= 0.3 is 0 Å². The van der Waals surface area contributed by atoms with Gasteiger partial charge in [0.1, 0.15) is 5.75 Å². The van der Waals surface area contributed by atoms with Gasteiger partial charge in [0.25, 0.3) is 0 Å². The molecule has 7 nitrogen and oxygen atoms in total. The molecule has 2 fully saturated rings. The van der Waals surface area contributed by atoms with Crippen LogP contribution in [0.2, 0.25) is 0 Å². The summed E-state index contributed by atoms with van der Waals surface area (Å²) in [5, 5.41) is 0. The molecule has 1 unspecified atom stereocenters. The largest absolute Gasteiger partial charge is 0.496 e. The molecule has 0 amide bonds. The Labute approximate surface area is 160 Å². The van der Waals surface area contributed by atoms with Crippen LogP contribution in [0.4, 0.5) is 0 Å². The summed E-state index contributed by atoms with van der Waals surface area (Å²) in [5.41, 5.74) is 1.88. The highest BCUT2D eigenvalue weighted by atomic mass is 32.2. The van der Waals surface area contributed by atoms with E-state index in [2.05, 4.69) is 6.07 Å². The van der Waals surface area contributed by atoms with Crippen LogP contribution in [-0.2, 0) is 36.3 Å². The molecule has 3 aliphatic heterocycles. The Bertz CT molecular complexity index is 752. The third-order valence-corrected chi connectivity index (χ3v) is 7.69. The highest BCUT2D eigenvalue weighted by Gasteiger charge is 2.45. The number of benzene rings is 1. The Morgan fingerprint density at radius 3 is 2.74 bits per heavy atom. The topological polar surface area (TPSA) is 74.3 Å². The lowest BCUT2D eigenvalue weighted by molar-refractivity contribution is -0.0912. The van der Waals surface area contributed by atoms with Gasteiger partial charge in [0.15, 0.2) is 0 Å². The number of nitrogens with zero attached hydrogens (tertiary/aromatic N) is 1. The van der Waals surface area contributed by atoms with Gasteiger partial charge in [-0.15, -0.1) is 0 Å². The molecule has 27 heavy (non-hydrogen) atoms. The molecular weight excluding hydrogens is 370 g/mol. The number of hydrogen-bond donors (Lipinski definition) is 0. The lowest BCUT2D eigenvalue weighted by atomic mass is 9.79. The molecule has 150 valence electrons. The molecule has 1 aromatic carbocycles. The molecule has 4 rings (SSSR count). The summed E-state index contributed by atoms with van der Waals surface area (Å²) in [6.45, 7) is 2.85. The summed E-state index contributed by atoms with van der Waals surface area (Å²) in [4.78, 5) is 0. The number of fused-ring (bicyclic) bond motifs is 2. The third-order valence-electron chi connectivity index (χ3n) is 5.74. The fourth-order valence-corrected chi connectivity index (χ4v) is 6.01. The number of rotatable bonds is 4. The van der Waals surface area contributed by atoms with Crippen LogP contribution in [0, 0.1) is 0 Å². The van der Waals surface area contributed by atoms with Gasteiger partial charge in [-0.3, -0.25) is 0 Å². The van der Waals surface area contributed by atoms with Crippen molar-refractivity contribution in [2.75, 3.05) is 52.4 Å². The smallest absolute Gasteiger partial charge is 0.216 e. The van der Waals surface area contributed by atoms with Crippen LogP contribution >= 0.6 is 0 Å². The minimum absolute atomic E-state index is 0.0270. The lowest BCUT2D eigenvalue weighted by Crippen LogP contribution is -2.50. The van der Waals surface area contributed by atoms with E-state index in [4.69, 9.17) is 18.9 Å². The molecule has 2 saturated heterocycles. The molecule has 0 saturated carbocycles. The van der Waals surface area contributed by atoms with E-state index in [1.54, 1.807) is 11.4 Å². The van der Waals surface area contributed by atoms with Crippen molar-refractivity contribution in [2.45, 2.75) is 31.0 Å². The normalized spacial score (nSPS) is 25.9. The van der Waals surface area contributed by atoms with Gasteiger partial charge in [-0.25, -0.2) is 12.7 Å². The summed E-state index contributed by atoms with van der Waals surface area (Å²) >= 11 is 0. The molecule has 3 heterocycles. The molecular formula is C19H27NO6S. The molecule has 0 radical (unpaired) electrons. The van der Waals surface area contributed by atoms with Gasteiger partial charge in [-0.1, -0.05) is 12.1 Å². The number of sulfonamides is 1. The first-order valence-electron chi connectivity index (χ1n) is 9.52. The fourth-order valence-electron chi connectivity index (χ4n) is 4.39. The van der Waals surface area contributed by atoms with Gasteiger partial charge in [0, 0.05) is 18.7 Å². The SMILES string of the molecule is COc1cccc2c1C1(CCN(S(=O)(=O)CC3COCCO3)CC1)OCC2. The van der Waals surface area contributed by atoms with Crippen molar-refractivity contribution in [1.29, 1.82) is 0 Å². The number of hydrogen-bond acceptors (Lipinski definition) is 6. The zero-order valence-corrected chi connectivity index (χ0v) is 16.5. The maximum atomic E-state index is 12.8. The Hall–Kier alpha value is -1.19. The maximum absolute atomic E-state index is 12.8. The van der Waals surface area contributed by atoms with E-state index in [-0.39, 0.29) is 11.9 Å². The number of ether oxygens (including phenoxy) is 4. The van der Waals surface area contributed by atoms with E-state index < -0.39 is 15.6 Å². The van der Waals surface area contributed by atoms with Crippen molar-refractivity contribution < 1.29 is 27.4 Å². The molecule has 3 aliphatic rings. The monoisotopic (exact) mass is 397 g/mol. The van der Waals surface area contributed by atoms with Gasteiger partial charge in [0.05, 0.1) is 51.0 Å². The Morgan fingerprint density at radius 2 is 2.04 bits per heavy atom. The Kier molecular flexibility index (Phi) is 5.44. The van der Waals surface area contributed by atoms with Gasteiger partial charge in [-0.05, 0) is 30.9 Å². The Morgan fingerprint density at radius 1 is 1.22 bits per heavy atom. The first kappa shape index (κ1) is 19.1. The molecule has 1 atom stereocenters. The van der Waals surface area contributed by atoms with Crippen molar-refractivity contribution in [2.24, 2.45) is 0 Å². The van der Waals surface area contributed by atoms with Crippen LogP contribution in [0.3, 0.4) is 0 Å². The molecule has 1 spiro atoms. The third kappa shape index (κ3) is 3.73. The van der Waals surface area contributed by atoms with Gasteiger partial charge in [-0.2, -0.15) is 0 Å². The second kappa shape index (κ2) is 7.67. The molecule has 1 aromatic rings. The van der Waals surface area contributed by atoms with Gasteiger partial charge in [0.2, 0.25) is 10.0 Å². The van der Waals surface area contributed by atoms with E-state index in [0.717, 1.165) is 17.7 Å². The average Bonchev–Trinajstić information content (AvgIpc) is 2.68. The molecule has 8 heteroatoms. The predicted molar refractivity (Wildman–Crippen MR) is 99.5 cm³/mol. The first-order valence-corrected chi connectivity index (χ1v) is 11.1. The number of piperidine rings is 1. The highest BCUT2D eigenvalue weighted by Crippen LogP contribution is 2.46. The quantitative estimate of drug-likeness (QED) is 0.763. The minimum Gasteiger partial charge on any atom is -0.496 e. The van der Waals surface area contributed by atoms with Crippen LogP contribution in [0.15, 0.2) is 18.2 Å². The summed E-state index contributed by atoms with van der Waals surface area (Å²) in [7, 11) is -1.72. The van der Waals surface area contributed by atoms with Crippen molar-refractivity contribution in [3.05, 3.63) is 29.3 Å². The van der Waals surface area contributed by atoms with Crippen molar-refractivity contribution in [3.8, 4) is 5.75 Å². The molecule has 0 aromatic heterocycles. The second-order valence-corrected chi connectivity index (χ2v) is 9.35. The summed E-state index contributed by atoms with van der Waals surface area (Å²) in [6.07, 6.45) is 1.73. The van der Waals surface area contributed by atoms with Crippen LogP contribution in [0.25, 0.3) is 0 Å². The lowest BCUT2D eigenvalue weighted by Gasteiger charge is -2.45. The number of methoxy groups -OCH3 is 1. The second-order valence-electron chi connectivity index (χ2n) is 7.33. The van der Waals surface area contributed by atoms with E-state index >= 15 is 0 Å². The molecule has 0 N–H and O–H groups in total. The minimum atomic E-state index is -3.39. The predicted octanol–water partition coefficient (Wildman–Crippen LogP) is 1.30. The average molecular weight is 397 g/mol. The van der Waals surface area contributed by atoms with E-state index in [1.807, 2.05) is 12.1 Å². The maximum Gasteiger partial charge on any atom is 0.216 e. The zero-order chi connectivity index (χ0) is 18.9. The van der Waals surface area contributed by atoms with Crippen LogP contribution in [-0.4, -0.2) is 71.2 Å². The summed E-state index contributed by atoms with van der Waals surface area (Å²) in [5.74, 6) is 0.803. The van der Waals surface area contributed by atoms with Crippen molar-refractivity contribution >= 4 is 10.0 Å². The zero-order valence-electron chi connectivity index (χ0n) is 15.7. The standard InChI is InChI=1S/C19H27NO6S/c1-23-17-4-2-3-15-5-10-26-19(18(15)17)6-8-20(9-7-19)27(21,22)14-16-13-24-11-12-25-16/h2-4,16H,5-14H2,1H3. The van der Waals surface area contributed by atoms with Crippen LogP contribution in [0.5, 0.6) is 5.75 Å². The molecule has 0 bridgehead atoms. The fraction of sp³-hybridized carbons (Fsp3) is 0.684.